The highest BCUT2D eigenvalue weighted by atomic mass is 35.5. The summed E-state index contributed by atoms with van der Waals surface area (Å²) in [6.45, 7) is 0. The Bertz CT molecular complexity index is 585. The fourth-order valence-electron chi connectivity index (χ4n) is 1.68. The number of rotatable bonds is 7. The van der Waals surface area contributed by atoms with Crippen LogP contribution < -0.4 is 10.0 Å². The van der Waals surface area contributed by atoms with Gasteiger partial charge in [0, 0.05) is 24.0 Å². The average molecular weight is 317 g/mol. The molecule has 5 nitrogen and oxygen atoms in total. The van der Waals surface area contributed by atoms with Crippen LogP contribution in [-0.4, -0.2) is 26.2 Å². The minimum Gasteiger partial charge on any atom is -0.326 e. The molecule has 7 heteroatoms. The van der Waals surface area contributed by atoms with Crippen LogP contribution >= 0.6 is 11.6 Å². The summed E-state index contributed by atoms with van der Waals surface area (Å²) in [5.41, 5.74) is 0.475. The summed E-state index contributed by atoms with van der Waals surface area (Å²) in [7, 11) is -3.49. The Morgan fingerprint density at radius 1 is 1.35 bits per heavy atom. The summed E-state index contributed by atoms with van der Waals surface area (Å²) < 4.78 is 26.7. The van der Waals surface area contributed by atoms with Crippen molar-refractivity contribution in [2.45, 2.75) is 36.6 Å². The quantitative estimate of drug-likeness (QED) is 0.756. The fraction of sp³-hybridized carbons (Fsp3) is 0.462. The van der Waals surface area contributed by atoms with Gasteiger partial charge in [-0.3, -0.25) is 4.79 Å². The van der Waals surface area contributed by atoms with Crippen LogP contribution in [0.25, 0.3) is 0 Å². The van der Waals surface area contributed by atoms with Gasteiger partial charge in [0.05, 0.1) is 4.90 Å². The van der Waals surface area contributed by atoms with Gasteiger partial charge in [-0.1, -0.05) is 6.07 Å². The van der Waals surface area contributed by atoms with E-state index in [9.17, 15) is 13.2 Å². The number of benzene rings is 1. The van der Waals surface area contributed by atoms with Crippen LogP contribution in [-0.2, 0) is 14.8 Å². The summed E-state index contributed by atoms with van der Waals surface area (Å²) in [5.74, 6) is 0.253. The molecule has 0 bridgehead atoms. The number of sulfonamides is 1. The van der Waals surface area contributed by atoms with Crippen molar-refractivity contribution in [3.63, 3.8) is 0 Å². The van der Waals surface area contributed by atoms with Crippen LogP contribution in [0.2, 0.25) is 0 Å². The van der Waals surface area contributed by atoms with Crippen molar-refractivity contribution in [1.29, 1.82) is 0 Å². The van der Waals surface area contributed by atoms with E-state index in [1.807, 2.05) is 0 Å². The first-order valence-electron chi connectivity index (χ1n) is 6.49. The smallest absolute Gasteiger partial charge is 0.240 e. The van der Waals surface area contributed by atoms with Gasteiger partial charge in [-0.15, -0.1) is 11.6 Å². The monoisotopic (exact) mass is 316 g/mol. The maximum atomic E-state index is 12.1. The van der Waals surface area contributed by atoms with Crippen LogP contribution in [0, 0.1) is 0 Å². The standard InChI is InChI=1S/C13H17ClN2O3S/c14-8-2-5-13(17)15-11-3-1-4-12(9-11)20(18,19)16-10-6-7-10/h1,3-4,9-10,16H,2,5-8H2,(H,15,17). The number of carbonyl (C=O) groups is 1. The Kier molecular flexibility index (Phi) is 5.01. The van der Waals surface area contributed by atoms with Crippen LogP contribution in [0.4, 0.5) is 5.69 Å². The number of anilines is 1. The molecule has 1 aliphatic rings. The van der Waals surface area contributed by atoms with Crippen molar-refractivity contribution in [2.75, 3.05) is 11.2 Å². The molecule has 0 spiro atoms. The van der Waals surface area contributed by atoms with Crippen LogP contribution in [0.15, 0.2) is 29.2 Å². The molecular formula is C13H17ClN2O3S. The molecule has 0 heterocycles. The minimum absolute atomic E-state index is 0.0574. The summed E-state index contributed by atoms with van der Waals surface area (Å²) in [6.07, 6.45) is 2.68. The first-order valence-corrected chi connectivity index (χ1v) is 8.51. The first-order chi connectivity index (χ1) is 9.51. The Morgan fingerprint density at radius 2 is 2.10 bits per heavy atom. The second kappa shape index (κ2) is 6.56. The lowest BCUT2D eigenvalue weighted by atomic mass is 10.3. The van der Waals surface area contributed by atoms with E-state index in [0.717, 1.165) is 12.8 Å². The number of halogens is 1. The lowest BCUT2D eigenvalue weighted by Gasteiger charge is -2.08. The van der Waals surface area contributed by atoms with Gasteiger partial charge in [0.25, 0.3) is 0 Å². The third kappa shape index (κ3) is 4.47. The summed E-state index contributed by atoms with van der Waals surface area (Å²) in [5, 5.41) is 2.67. The van der Waals surface area contributed by atoms with E-state index in [0.29, 0.717) is 24.4 Å². The molecule has 1 aromatic carbocycles. The molecule has 1 aliphatic carbocycles. The Hall–Kier alpha value is -1.11. The van der Waals surface area contributed by atoms with Gasteiger partial charge in [0.15, 0.2) is 0 Å². The normalized spacial score (nSPS) is 15.1. The molecule has 0 aliphatic heterocycles. The summed E-state index contributed by atoms with van der Waals surface area (Å²) in [6, 6.07) is 6.30. The largest absolute Gasteiger partial charge is 0.326 e. The molecule has 20 heavy (non-hydrogen) atoms. The van der Waals surface area contributed by atoms with E-state index in [1.54, 1.807) is 12.1 Å². The van der Waals surface area contributed by atoms with Crippen LogP contribution in [0.5, 0.6) is 0 Å². The number of carbonyl (C=O) groups excluding carboxylic acids is 1. The lowest BCUT2D eigenvalue weighted by molar-refractivity contribution is -0.116. The number of hydrogen-bond acceptors (Lipinski definition) is 3. The van der Waals surface area contributed by atoms with Gasteiger partial charge < -0.3 is 5.32 Å². The topological polar surface area (TPSA) is 75.3 Å². The second-order valence-electron chi connectivity index (χ2n) is 4.76. The van der Waals surface area contributed by atoms with Crippen molar-refractivity contribution < 1.29 is 13.2 Å². The zero-order valence-electron chi connectivity index (χ0n) is 10.9. The average Bonchev–Trinajstić information content (AvgIpc) is 3.20. The predicted octanol–water partition coefficient (Wildman–Crippen LogP) is 2.08. The predicted molar refractivity (Wildman–Crippen MR) is 78.4 cm³/mol. The zero-order valence-corrected chi connectivity index (χ0v) is 12.5. The number of hydrogen-bond donors (Lipinski definition) is 2. The van der Waals surface area contributed by atoms with E-state index >= 15 is 0 Å². The van der Waals surface area contributed by atoms with E-state index in [2.05, 4.69) is 10.0 Å². The molecule has 0 unspecified atom stereocenters. The molecule has 1 fully saturated rings. The van der Waals surface area contributed by atoms with Crippen LogP contribution in [0.1, 0.15) is 25.7 Å². The SMILES string of the molecule is O=C(CCCCl)Nc1cccc(S(=O)(=O)NC2CC2)c1. The Morgan fingerprint density at radius 3 is 2.75 bits per heavy atom. The molecule has 0 atom stereocenters. The van der Waals surface area contributed by atoms with Crippen molar-refractivity contribution in [1.82, 2.24) is 4.72 Å². The summed E-state index contributed by atoms with van der Waals surface area (Å²) in [4.78, 5) is 11.8. The second-order valence-corrected chi connectivity index (χ2v) is 6.86. The Labute approximate surface area is 123 Å². The van der Waals surface area contributed by atoms with Crippen LogP contribution in [0.3, 0.4) is 0 Å². The maximum Gasteiger partial charge on any atom is 0.240 e. The molecule has 0 aromatic heterocycles. The molecule has 0 saturated heterocycles. The zero-order chi connectivity index (χ0) is 14.6. The van der Waals surface area contributed by atoms with E-state index < -0.39 is 10.0 Å². The minimum atomic E-state index is -3.49. The van der Waals surface area contributed by atoms with Crippen molar-refractivity contribution in [3.05, 3.63) is 24.3 Å². The molecule has 2 rings (SSSR count). The van der Waals surface area contributed by atoms with Gasteiger partial charge in [-0.2, -0.15) is 0 Å². The summed E-state index contributed by atoms with van der Waals surface area (Å²) >= 11 is 5.52. The third-order valence-electron chi connectivity index (χ3n) is 2.86. The molecule has 1 aromatic rings. The molecule has 1 saturated carbocycles. The van der Waals surface area contributed by atoms with Crippen molar-refractivity contribution in [2.24, 2.45) is 0 Å². The Balaban J connectivity index is 2.05. The number of alkyl halides is 1. The molecular weight excluding hydrogens is 300 g/mol. The van der Waals surface area contributed by atoms with E-state index in [-0.39, 0.29) is 16.8 Å². The van der Waals surface area contributed by atoms with Gasteiger partial charge in [0.1, 0.15) is 0 Å². The molecule has 110 valence electrons. The lowest BCUT2D eigenvalue weighted by Crippen LogP contribution is -2.25. The highest BCUT2D eigenvalue weighted by Crippen LogP contribution is 2.23. The molecule has 2 N–H and O–H groups in total. The van der Waals surface area contributed by atoms with E-state index in [1.165, 1.54) is 12.1 Å². The van der Waals surface area contributed by atoms with Crippen molar-refractivity contribution >= 4 is 33.2 Å². The van der Waals surface area contributed by atoms with Gasteiger partial charge in [-0.05, 0) is 37.5 Å². The molecule has 1 amide bonds. The highest BCUT2D eigenvalue weighted by Gasteiger charge is 2.28. The fourth-order valence-corrected chi connectivity index (χ4v) is 3.16. The van der Waals surface area contributed by atoms with E-state index in [4.69, 9.17) is 11.6 Å². The number of nitrogens with one attached hydrogen (secondary N) is 2. The van der Waals surface area contributed by atoms with Gasteiger partial charge in [-0.25, -0.2) is 13.1 Å². The third-order valence-corrected chi connectivity index (χ3v) is 4.65. The first kappa shape index (κ1) is 15.3. The van der Waals surface area contributed by atoms with Gasteiger partial charge >= 0.3 is 0 Å². The number of amides is 1. The maximum absolute atomic E-state index is 12.1. The molecule has 0 radical (unpaired) electrons. The van der Waals surface area contributed by atoms with Gasteiger partial charge in [0.2, 0.25) is 15.9 Å². The van der Waals surface area contributed by atoms with Crippen molar-refractivity contribution in [3.8, 4) is 0 Å². The highest BCUT2D eigenvalue weighted by molar-refractivity contribution is 7.89.